The molecule has 1 aliphatic heterocycles. The Bertz CT molecular complexity index is 244. The number of carbonyl (C=O) groups is 3. The number of imide groups is 1. The fraction of sp³-hybridized carbons (Fsp3) is 0.700. The molecule has 0 atom stereocenters. The van der Waals surface area contributed by atoms with Gasteiger partial charge in [0.25, 0.3) is 0 Å². The number of likely N-dealkylation sites (tertiary alicyclic amines) is 1. The van der Waals surface area contributed by atoms with Gasteiger partial charge in [-0.05, 0) is 19.8 Å². The molecule has 4 nitrogen and oxygen atoms in total. The number of carbonyl (C=O) groups excluding carboxylic acids is 3. The lowest BCUT2D eigenvalue weighted by Gasteiger charge is -2.24. The van der Waals surface area contributed by atoms with Crippen molar-refractivity contribution < 1.29 is 14.4 Å². The van der Waals surface area contributed by atoms with Crippen LogP contribution in [0.15, 0.2) is 0 Å². The van der Waals surface area contributed by atoms with Crippen molar-refractivity contribution in [1.29, 1.82) is 0 Å². The van der Waals surface area contributed by atoms with Crippen LogP contribution in [0.4, 0.5) is 0 Å². The molecule has 0 aromatic carbocycles. The van der Waals surface area contributed by atoms with E-state index in [-0.39, 0.29) is 17.6 Å². The van der Waals surface area contributed by atoms with Crippen LogP contribution in [0.2, 0.25) is 0 Å². The second-order valence-corrected chi connectivity index (χ2v) is 3.60. The number of rotatable bonds is 4. The Morgan fingerprint density at radius 2 is 1.86 bits per heavy atom. The maximum absolute atomic E-state index is 11.3. The Morgan fingerprint density at radius 3 is 2.36 bits per heavy atom. The predicted octanol–water partition coefficient (Wildman–Crippen LogP) is 0.895. The van der Waals surface area contributed by atoms with Gasteiger partial charge in [-0.3, -0.25) is 14.5 Å². The molecule has 0 spiro atoms. The topological polar surface area (TPSA) is 54.5 Å². The average Bonchev–Trinajstić information content (AvgIpc) is 2.09. The van der Waals surface area contributed by atoms with Crippen molar-refractivity contribution in [2.45, 2.75) is 39.0 Å². The summed E-state index contributed by atoms with van der Waals surface area (Å²) in [6, 6.07) is 0. The summed E-state index contributed by atoms with van der Waals surface area (Å²) in [6.45, 7) is 1.91. The molecule has 0 bridgehead atoms. The minimum absolute atomic E-state index is 0.0928. The molecule has 0 aliphatic carbocycles. The molecule has 14 heavy (non-hydrogen) atoms. The third-order valence-corrected chi connectivity index (χ3v) is 2.29. The van der Waals surface area contributed by atoms with Crippen molar-refractivity contribution in [3.05, 3.63) is 0 Å². The highest BCUT2D eigenvalue weighted by Gasteiger charge is 2.24. The van der Waals surface area contributed by atoms with Gasteiger partial charge in [-0.2, -0.15) is 0 Å². The van der Waals surface area contributed by atoms with Gasteiger partial charge in [0.15, 0.2) is 0 Å². The van der Waals surface area contributed by atoms with Crippen LogP contribution in [0.5, 0.6) is 0 Å². The molecule has 0 N–H and O–H groups in total. The van der Waals surface area contributed by atoms with Gasteiger partial charge in [-0.1, -0.05) is 0 Å². The van der Waals surface area contributed by atoms with E-state index in [9.17, 15) is 14.4 Å². The second kappa shape index (κ2) is 4.88. The van der Waals surface area contributed by atoms with Gasteiger partial charge >= 0.3 is 0 Å². The minimum Gasteiger partial charge on any atom is -0.300 e. The average molecular weight is 197 g/mol. The van der Waals surface area contributed by atoms with Crippen molar-refractivity contribution in [2.24, 2.45) is 0 Å². The lowest BCUT2D eigenvalue weighted by molar-refractivity contribution is -0.148. The zero-order valence-electron chi connectivity index (χ0n) is 8.41. The first-order valence-electron chi connectivity index (χ1n) is 4.94. The monoisotopic (exact) mass is 197 g/mol. The highest BCUT2D eigenvalue weighted by atomic mass is 16.2. The van der Waals surface area contributed by atoms with E-state index in [4.69, 9.17) is 0 Å². The molecule has 78 valence electrons. The smallest absolute Gasteiger partial charge is 0.229 e. The van der Waals surface area contributed by atoms with Crippen molar-refractivity contribution in [2.75, 3.05) is 6.54 Å². The van der Waals surface area contributed by atoms with E-state index >= 15 is 0 Å². The molecule has 2 amide bonds. The summed E-state index contributed by atoms with van der Waals surface area (Å²) in [5.74, 6) is -0.0866. The lowest BCUT2D eigenvalue weighted by Crippen LogP contribution is -2.40. The molecule has 0 saturated carbocycles. The van der Waals surface area contributed by atoms with Crippen LogP contribution < -0.4 is 0 Å². The number of hydrogen-bond acceptors (Lipinski definition) is 3. The molecule has 1 heterocycles. The van der Waals surface area contributed by atoms with E-state index in [1.807, 2.05) is 0 Å². The second-order valence-electron chi connectivity index (χ2n) is 3.60. The van der Waals surface area contributed by atoms with E-state index < -0.39 is 0 Å². The molecule has 1 rings (SSSR count). The fourth-order valence-electron chi connectivity index (χ4n) is 1.54. The first-order valence-corrected chi connectivity index (χ1v) is 4.94. The van der Waals surface area contributed by atoms with Gasteiger partial charge in [0.1, 0.15) is 5.78 Å². The normalized spacial score (nSPS) is 17.4. The van der Waals surface area contributed by atoms with Gasteiger partial charge in [0.05, 0.1) is 0 Å². The lowest BCUT2D eigenvalue weighted by atomic mass is 10.1. The first kappa shape index (κ1) is 10.9. The molecule has 4 heteroatoms. The Morgan fingerprint density at radius 1 is 1.29 bits per heavy atom. The number of nitrogens with zero attached hydrogens (tertiary/aromatic N) is 1. The van der Waals surface area contributed by atoms with Gasteiger partial charge in [0.2, 0.25) is 11.8 Å². The van der Waals surface area contributed by atoms with Crippen LogP contribution >= 0.6 is 0 Å². The quantitative estimate of drug-likeness (QED) is 0.629. The Hall–Kier alpha value is -1.19. The molecular formula is C10H15NO3. The Labute approximate surface area is 83.3 Å². The first-order chi connectivity index (χ1) is 6.61. The third-order valence-electron chi connectivity index (χ3n) is 2.29. The molecular weight excluding hydrogens is 182 g/mol. The standard InChI is InChI=1S/C10H15NO3/c1-8(12)4-3-7-11-9(13)5-2-6-10(11)14/h2-7H2,1H3. The van der Waals surface area contributed by atoms with Crippen LogP contribution in [-0.2, 0) is 14.4 Å². The van der Waals surface area contributed by atoms with E-state index in [0.29, 0.717) is 38.6 Å². The largest absolute Gasteiger partial charge is 0.300 e. The highest BCUT2D eigenvalue weighted by Crippen LogP contribution is 2.12. The zero-order chi connectivity index (χ0) is 10.6. The highest BCUT2D eigenvalue weighted by molar-refractivity contribution is 5.97. The van der Waals surface area contributed by atoms with E-state index in [1.165, 1.54) is 11.8 Å². The van der Waals surface area contributed by atoms with Gasteiger partial charge in [-0.15, -0.1) is 0 Å². The maximum Gasteiger partial charge on any atom is 0.229 e. The molecule has 0 aromatic rings. The molecule has 0 radical (unpaired) electrons. The number of amides is 2. The molecule has 1 saturated heterocycles. The summed E-state index contributed by atoms with van der Waals surface area (Å²) in [6.07, 6.45) is 2.63. The predicted molar refractivity (Wildman–Crippen MR) is 50.5 cm³/mol. The van der Waals surface area contributed by atoms with Gasteiger partial charge < -0.3 is 4.79 Å². The Balaban J connectivity index is 2.37. The molecule has 0 unspecified atom stereocenters. The van der Waals surface area contributed by atoms with Crippen LogP contribution in [0.1, 0.15) is 39.0 Å². The SMILES string of the molecule is CC(=O)CCCN1C(=O)CCCC1=O. The summed E-state index contributed by atoms with van der Waals surface area (Å²) in [5, 5.41) is 0. The van der Waals surface area contributed by atoms with E-state index in [2.05, 4.69) is 0 Å². The fourth-order valence-corrected chi connectivity index (χ4v) is 1.54. The van der Waals surface area contributed by atoms with Gasteiger partial charge in [-0.25, -0.2) is 0 Å². The maximum atomic E-state index is 11.3. The van der Waals surface area contributed by atoms with Crippen molar-refractivity contribution in [1.82, 2.24) is 4.90 Å². The van der Waals surface area contributed by atoms with Crippen molar-refractivity contribution in [3.63, 3.8) is 0 Å². The summed E-state index contributed by atoms with van der Waals surface area (Å²) in [4.78, 5) is 34.5. The van der Waals surface area contributed by atoms with Crippen molar-refractivity contribution in [3.8, 4) is 0 Å². The van der Waals surface area contributed by atoms with Crippen molar-refractivity contribution >= 4 is 17.6 Å². The van der Waals surface area contributed by atoms with Gasteiger partial charge in [0, 0.05) is 25.8 Å². The molecule has 1 fully saturated rings. The van der Waals surface area contributed by atoms with Crippen LogP contribution in [-0.4, -0.2) is 29.0 Å². The number of piperidine rings is 1. The molecule has 0 aromatic heterocycles. The summed E-state index contributed by atoms with van der Waals surface area (Å²) < 4.78 is 0. The Kier molecular flexibility index (Phi) is 3.80. The number of ketones is 1. The summed E-state index contributed by atoms with van der Waals surface area (Å²) >= 11 is 0. The minimum atomic E-state index is -0.0928. The van der Waals surface area contributed by atoms with E-state index in [1.54, 1.807) is 0 Å². The zero-order valence-corrected chi connectivity index (χ0v) is 8.41. The number of Topliss-reactive ketones (excluding diaryl/α,β-unsaturated/α-hetero) is 1. The summed E-state index contributed by atoms with van der Waals surface area (Å²) in [7, 11) is 0. The van der Waals surface area contributed by atoms with Crippen LogP contribution in [0, 0.1) is 0 Å². The van der Waals surface area contributed by atoms with E-state index in [0.717, 1.165) is 0 Å². The van der Waals surface area contributed by atoms with Crippen LogP contribution in [0.25, 0.3) is 0 Å². The van der Waals surface area contributed by atoms with Crippen LogP contribution in [0.3, 0.4) is 0 Å². The molecule has 1 aliphatic rings. The summed E-state index contributed by atoms with van der Waals surface area (Å²) in [5.41, 5.74) is 0. The third kappa shape index (κ3) is 2.94. The number of hydrogen-bond donors (Lipinski definition) is 0.